The number of allylic oxidation sites excluding steroid dienone is 1. The van der Waals surface area contributed by atoms with E-state index in [9.17, 15) is 0 Å². The summed E-state index contributed by atoms with van der Waals surface area (Å²) in [7, 11) is 0. The molecule has 1 fully saturated rings. The Hall–Kier alpha value is -1.25. The maximum absolute atomic E-state index is 6.02. The second-order valence-corrected chi connectivity index (χ2v) is 3.94. The predicted molar refractivity (Wildman–Crippen MR) is 58.0 cm³/mol. The van der Waals surface area contributed by atoms with Crippen LogP contribution in [0.5, 0.6) is 0 Å². The Labute approximate surface area is 84.6 Å². The van der Waals surface area contributed by atoms with E-state index in [2.05, 4.69) is 11.6 Å². The van der Waals surface area contributed by atoms with Gasteiger partial charge in [0, 0.05) is 12.5 Å². The molecular formula is C11H17N3. The van der Waals surface area contributed by atoms with E-state index >= 15 is 0 Å². The maximum atomic E-state index is 6.02. The highest BCUT2D eigenvalue weighted by Gasteiger charge is 2.22. The molecule has 1 aliphatic carbocycles. The summed E-state index contributed by atoms with van der Waals surface area (Å²) in [4.78, 5) is 4.41. The van der Waals surface area contributed by atoms with Crippen molar-refractivity contribution in [2.24, 2.45) is 0 Å². The molecule has 0 aliphatic heterocycles. The molecule has 0 amide bonds. The molecule has 0 spiro atoms. The first kappa shape index (κ1) is 9.31. The fourth-order valence-corrected chi connectivity index (χ4v) is 2.21. The lowest BCUT2D eigenvalue weighted by molar-refractivity contribution is 0.704. The molecule has 3 nitrogen and oxygen atoms in total. The second kappa shape index (κ2) is 3.86. The van der Waals surface area contributed by atoms with Gasteiger partial charge in [0.15, 0.2) is 0 Å². The van der Waals surface area contributed by atoms with E-state index in [0.717, 1.165) is 18.1 Å². The van der Waals surface area contributed by atoms with Crippen molar-refractivity contribution in [3.63, 3.8) is 0 Å². The lowest BCUT2D eigenvalue weighted by Gasteiger charge is -2.07. The molecule has 1 aliphatic rings. The van der Waals surface area contributed by atoms with Crippen LogP contribution in [-0.2, 0) is 6.54 Å². The van der Waals surface area contributed by atoms with Crippen molar-refractivity contribution in [3.05, 3.63) is 24.7 Å². The highest BCUT2D eigenvalue weighted by Crippen LogP contribution is 2.35. The lowest BCUT2D eigenvalue weighted by atomic mass is 10.0. The number of nitrogens with two attached hydrogens (primary N) is 1. The molecule has 2 rings (SSSR count). The van der Waals surface area contributed by atoms with Crippen molar-refractivity contribution in [2.45, 2.75) is 38.1 Å². The average Bonchev–Trinajstić information content (AvgIpc) is 2.77. The van der Waals surface area contributed by atoms with E-state index in [-0.39, 0.29) is 0 Å². The van der Waals surface area contributed by atoms with Crippen molar-refractivity contribution < 1.29 is 0 Å². The molecule has 3 heteroatoms. The first-order chi connectivity index (χ1) is 6.83. The van der Waals surface area contributed by atoms with Crippen LogP contribution in [0.3, 0.4) is 0 Å². The first-order valence-electron chi connectivity index (χ1n) is 5.24. The van der Waals surface area contributed by atoms with Crippen molar-refractivity contribution in [3.8, 4) is 0 Å². The Balaban J connectivity index is 2.21. The van der Waals surface area contributed by atoms with Gasteiger partial charge in [0.1, 0.15) is 5.82 Å². The van der Waals surface area contributed by atoms with Gasteiger partial charge in [-0.05, 0) is 12.8 Å². The highest BCUT2D eigenvalue weighted by molar-refractivity contribution is 5.39. The fraction of sp³-hybridized carbons (Fsp3) is 0.545. The maximum Gasteiger partial charge on any atom is 0.127 e. The van der Waals surface area contributed by atoms with Crippen LogP contribution in [0.4, 0.5) is 5.82 Å². The third-order valence-corrected chi connectivity index (χ3v) is 2.98. The van der Waals surface area contributed by atoms with Crippen LogP contribution in [0.15, 0.2) is 19.0 Å². The fourth-order valence-electron chi connectivity index (χ4n) is 2.21. The number of anilines is 1. The topological polar surface area (TPSA) is 43.8 Å². The molecule has 0 radical (unpaired) electrons. The van der Waals surface area contributed by atoms with Crippen molar-refractivity contribution >= 4 is 5.82 Å². The molecule has 1 aromatic rings. The molecule has 0 bridgehead atoms. The van der Waals surface area contributed by atoms with Crippen LogP contribution in [-0.4, -0.2) is 9.55 Å². The summed E-state index contributed by atoms with van der Waals surface area (Å²) in [6.45, 7) is 4.46. The molecule has 0 aromatic carbocycles. The van der Waals surface area contributed by atoms with Gasteiger partial charge in [-0.2, -0.15) is 0 Å². The summed E-state index contributed by atoms with van der Waals surface area (Å²) >= 11 is 0. The number of nitrogens with zero attached hydrogens (tertiary/aromatic N) is 2. The zero-order valence-corrected chi connectivity index (χ0v) is 8.45. The number of nitrogen functional groups attached to an aromatic ring is 1. The molecule has 1 saturated carbocycles. The van der Waals surface area contributed by atoms with Crippen LogP contribution in [0.1, 0.15) is 37.3 Å². The Morgan fingerprint density at radius 2 is 2.29 bits per heavy atom. The number of rotatable bonds is 3. The Bertz CT molecular complexity index is 321. The Kier molecular flexibility index (Phi) is 2.57. The molecule has 0 unspecified atom stereocenters. The van der Waals surface area contributed by atoms with Gasteiger partial charge in [-0.1, -0.05) is 18.9 Å². The van der Waals surface area contributed by atoms with Gasteiger partial charge < -0.3 is 10.3 Å². The third kappa shape index (κ3) is 1.54. The van der Waals surface area contributed by atoms with Gasteiger partial charge in [0.2, 0.25) is 0 Å². The Morgan fingerprint density at radius 3 is 2.93 bits per heavy atom. The number of imidazole rings is 1. The minimum absolute atomic E-state index is 0.598. The number of hydrogen-bond donors (Lipinski definition) is 1. The first-order valence-corrected chi connectivity index (χ1v) is 5.24. The monoisotopic (exact) mass is 191 g/mol. The van der Waals surface area contributed by atoms with Gasteiger partial charge >= 0.3 is 0 Å². The van der Waals surface area contributed by atoms with E-state index in [1.54, 1.807) is 0 Å². The van der Waals surface area contributed by atoms with Crippen molar-refractivity contribution in [1.29, 1.82) is 0 Å². The summed E-state index contributed by atoms with van der Waals surface area (Å²) in [6.07, 6.45) is 8.79. The molecule has 14 heavy (non-hydrogen) atoms. The van der Waals surface area contributed by atoms with Gasteiger partial charge in [-0.3, -0.25) is 0 Å². The third-order valence-electron chi connectivity index (χ3n) is 2.98. The minimum atomic E-state index is 0.598. The highest BCUT2D eigenvalue weighted by atomic mass is 15.1. The van der Waals surface area contributed by atoms with Crippen molar-refractivity contribution in [2.75, 3.05) is 5.73 Å². The van der Waals surface area contributed by atoms with Crippen LogP contribution >= 0.6 is 0 Å². The molecule has 0 atom stereocenters. The predicted octanol–water partition coefficient (Wildman–Crippen LogP) is 2.31. The van der Waals surface area contributed by atoms with Crippen molar-refractivity contribution in [1.82, 2.24) is 9.55 Å². The van der Waals surface area contributed by atoms with Crippen LogP contribution in [0.25, 0.3) is 0 Å². The summed E-state index contributed by atoms with van der Waals surface area (Å²) in [5, 5.41) is 0. The zero-order valence-electron chi connectivity index (χ0n) is 8.45. The van der Waals surface area contributed by atoms with E-state index in [1.807, 2.05) is 17.0 Å². The lowest BCUT2D eigenvalue weighted by Crippen LogP contribution is -2.03. The molecule has 0 saturated heterocycles. The summed E-state index contributed by atoms with van der Waals surface area (Å²) in [5.41, 5.74) is 7.12. The second-order valence-electron chi connectivity index (χ2n) is 3.94. The quantitative estimate of drug-likeness (QED) is 0.745. The smallest absolute Gasteiger partial charge is 0.127 e. The van der Waals surface area contributed by atoms with E-state index in [1.165, 1.54) is 25.7 Å². The van der Waals surface area contributed by atoms with E-state index in [0.29, 0.717) is 5.92 Å². The molecule has 1 heterocycles. The summed E-state index contributed by atoms with van der Waals surface area (Å²) in [5.74, 6) is 1.43. The summed E-state index contributed by atoms with van der Waals surface area (Å²) in [6, 6.07) is 0. The number of hydrogen-bond acceptors (Lipinski definition) is 2. The number of aromatic nitrogens is 2. The van der Waals surface area contributed by atoms with E-state index < -0.39 is 0 Å². The molecule has 76 valence electrons. The van der Waals surface area contributed by atoms with Gasteiger partial charge in [-0.15, -0.1) is 6.58 Å². The summed E-state index contributed by atoms with van der Waals surface area (Å²) < 4.78 is 1.96. The standard InChI is InChI=1S/C11H17N3/c1-2-7-14-8-13-10(11(14)12)9-5-3-4-6-9/h2,8-9H,1,3-7,12H2. The SMILES string of the molecule is C=CCn1cnc(C2CCCC2)c1N. The largest absolute Gasteiger partial charge is 0.384 e. The normalized spacial score (nSPS) is 17.4. The molecular weight excluding hydrogens is 174 g/mol. The van der Waals surface area contributed by atoms with E-state index in [4.69, 9.17) is 5.73 Å². The average molecular weight is 191 g/mol. The minimum Gasteiger partial charge on any atom is -0.384 e. The van der Waals surface area contributed by atoms with Crippen LogP contribution < -0.4 is 5.73 Å². The molecule has 2 N–H and O–H groups in total. The molecule has 1 aromatic heterocycles. The Morgan fingerprint density at radius 1 is 1.57 bits per heavy atom. The van der Waals surface area contributed by atoms with Crippen LogP contribution in [0, 0.1) is 0 Å². The van der Waals surface area contributed by atoms with Gasteiger partial charge in [-0.25, -0.2) is 4.98 Å². The van der Waals surface area contributed by atoms with Crippen LogP contribution in [0.2, 0.25) is 0 Å². The zero-order chi connectivity index (χ0) is 9.97. The van der Waals surface area contributed by atoms with Gasteiger partial charge in [0.25, 0.3) is 0 Å². The van der Waals surface area contributed by atoms with Gasteiger partial charge in [0.05, 0.1) is 12.0 Å².